The van der Waals surface area contributed by atoms with E-state index in [2.05, 4.69) is 13.1 Å². The minimum absolute atomic E-state index is 0.0111. The molecule has 1 saturated heterocycles. The molecule has 1 unspecified atom stereocenters. The van der Waals surface area contributed by atoms with Gasteiger partial charge in [0.25, 0.3) is 0 Å². The Bertz CT molecular complexity index is 501. The number of nitriles is 1. The fraction of sp³-hybridized carbons (Fsp3) is 0.533. The number of nitrogens with zero attached hydrogens (tertiary/aromatic N) is 2. The molecule has 2 heterocycles. The fourth-order valence-corrected chi connectivity index (χ4v) is 2.91. The van der Waals surface area contributed by atoms with Gasteiger partial charge in [0, 0.05) is 18.7 Å². The highest BCUT2D eigenvalue weighted by Gasteiger charge is 2.43. The van der Waals surface area contributed by atoms with Gasteiger partial charge in [-0.05, 0) is 25.8 Å². The lowest BCUT2D eigenvalue weighted by Crippen LogP contribution is -2.52. The quantitative estimate of drug-likeness (QED) is 0.670. The second kappa shape index (κ2) is 4.75. The lowest BCUT2D eigenvalue weighted by atomic mass is 9.86. The zero-order chi connectivity index (χ0) is 13.3. The molecule has 0 amide bonds. The minimum atomic E-state index is -0.258. The Morgan fingerprint density at radius 2 is 2.05 bits per heavy atom. The third-order valence-corrected chi connectivity index (χ3v) is 4.28. The molecule has 0 aromatic heterocycles. The van der Waals surface area contributed by atoms with Crippen LogP contribution in [0.4, 0.5) is 0 Å². The molecule has 4 heteroatoms. The van der Waals surface area contributed by atoms with Crippen LogP contribution in [-0.4, -0.2) is 29.7 Å². The van der Waals surface area contributed by atoms with Crippen LogP contribution in [0.2, 0.25) is 0 Å². The van der Waals surface area contributed by atoms with E-state index in [1.165, 1.54) is 0 Å². The number of para-hydroxylation sites is 1. The van der Waals surface area contributed by atoms with Crippen molar-refractivity contribution >= 4 is 0 Å². The number of benzene rings is 1. The molecule has 1 fully saturated rings. The first-order chi connectivity index (χ1) is 9.23. The highest BCUT2D eigenvalue weighted by atomic mass is 16.6. The topological polar surface area (TPSA) is 45.5 Å². The summed E-state index contributed by atoms with van der Waals surface area (Å²) in [7, 11) is 0. The van der Waals surface area contributed by atoms with Gasteiger partial charge in [0.2, 0.25) is 0 Å². The van der Waals surface area contributed by atoms with Crippen molar-refractivity contribution in [2.45, 2.75) is 38.1 Å². The largest absolute Gasteiger partial charge is 0.487 e. The van der Waals surface area contributed by atoms with E-state index in [0.717, 1.165) is 37.2 Å². The van der Waals surface area contributed by atoms with E-state index >= 15 is 0 Å². The van der Waals surface area contributed by atoms with E-state index < -0.39 is 0 Å². The summed E-state index contributed by atoms with van der Waals surface area (Å²) < 4.78 is 12.3. The highest BCUT2D eigenvalue weighted by Crippen LogP contribution is 2.37. The van der Waals surface area contributed by atoms with Crippen molar-refractivity contribution in [1.82, 2.24) is 4.90 Å². The number of hydrogen-bond acceptors (Lipinski definition) is 4. The van der Waals surface area contributed by atoms with Crippen LogP contribution in [0, 0.1) is 11.5 Å². The Labute approximate surface area is 113 Å². The van der Waals surface area contributed by atoms with Crippen LogP contribution < -0.4 is 4.74 Å². The third-order valence-electron chi connectivity index (χ3n) is 4.28. The molecule has 19 heavy (non-hydrogen) atoms. The lowest BCUT2D eigenvalue weighted by Gasteiger charge is -2.42. The van der Waals surface area contributed by atoms with Gasteiger partial charge in [-0.1, -0.05) is 18.2 Å². The van der Waals surface area contributed by atoms with Crippen molar-refractivity contribution in [2.24, 2.45) is 0 Å². The zero-order valence-corrected chi connectivity index (χ0v) is 11.1. The summed E-state index contributed by atoms with van der Waals surface area (Å²) in [6.07, 6.45) is 3.91. The molecule has 1 aromatic carbocycles. The summed E-state index contributed by atoms with van der Waals surface area (Å²) in [4.78, 5) is 1.79. The Morgan fingerprint density at radius 3 is 2.79 bits per heavy atom. The van der Waals surface area contributed by atoms with E-state index in [9.17, 15) is 0 Å². The minimum Gasteiger partial charge on any atom is -0.487 e. The summed E-state index contributed by atoms with van der Waals surface area (Å²) in [6, 6.07) is 8.04. The van der Waals surface area contributed by atoms with Crippen molar-refractivity contribution < 1.29 is 9.47 Å². The van der Waals surface area contributed by atoms with E-state index in [-0.39, 0.29) is 11.7 Å². The van der Waals surface area contributed by atoms with E-state index in [1.54, 1.807) is 4.90 Å². The first-order valence-electron chi connectivity index (χ1n) is 6.77. The van der Waals surface area contributed by atoms with Gasteiger partial charge in [-0.3, -0.25) is 0 Å². The van der Waals surface area contributed by atoms with Gasteiger partial charge in [0.1, 0.15) is 17.5 Å². The number of likely N-dealkylation sites (tertiary alicyclic amines) is 1. The Balaban J connectivity index is 1.81. The molecule has 2 aliphatic heterocycles. The molecule has 1 aromatic rings. The molecule has 0 aliphatic carbocycles. The molecule has 100 valence electrons. The van der Waals surface area contributed by atoms with Gasteiger partial charge in [0.05, 0.1) is 6.61 Å². The van der Waals surface area contributed by atoms with Gasteiger partial charge in [-0.25, -0.2) is 0 Å². The average Bonchev–Trinajstić information content (AvgIpc) is 2.59. The van der Waals surface area contributed by atoms with Crippen molar-refractivity contribution in [3.05, 3.63) is 29.8 Å². The normalized spacial score (nSPS) is 25.1. The molecule has 1 spiro atoms. The Morgan fingerprint density at radius 1 is 1.32 bits per heavy atom. The first-order valence-corrected chi connectivity index (χ1v) is 6.77. The third kappa shape index (κ3) is 2.15. The number of hydrogen-bond donors (Lipinski definition) is 0. The maximum absolute atomic E-state index is 8.95. The summed E-state index contributed by atoms with van der Waals surface area (Å²) in [5, 5.41) is 8.95. The van der Waals surface area contributed by atoms with Crippen molar-refractivity contribution in [2.75, 3.05) is 13.1 Å². The SMILES string of the molecule is CC1Oc2ccccc2COC12CCN(C#N)CC2. The molecule has 0 bridgehead atoms. The fourth-order valence-electron chi connectivity index (χ4n) is 2.91. The first kappa shape index (κ1) is 12.3. The monoisotopic (exact) mass is 258 g/mol. The van der Waals surface area contributed by atoms with Crippen LogP contribution in [0.25, 0.3) is 0 Å². The number of rotatable bonds is 0. The van der Waals surface area contributed by atoms with Gasteiger partial charge in [-0.2, -0.15) is 5.26 Å². The summed E-state index contributed by atoms with van der Waals surface area (Å²) >= 11 is 0. The van der Waals surface area contributed by atoms with Gasteiger partial charge in [-0.15, -0.1) is 0 Å². The van der Waals surface area contributed by atoms with Crippen molar-refractivity contribution in [3.63, 3.8) is 0 Å². The van der Waals surface area contributed by atoms with E-state index in [1.807, 2.05) is 24.3 Å². The maximum Gasteiger partial charge on any atom is 0.179 e. The number of ether oxygens (including phenoxy) is 2. The summed E-state index contributed by atoms with van der Waals surface area (Å²) in [5.74, 6) is 0.926. The van der Waals surface area contributed by atoms with Crippen LogP contribution in [0.15, 0.2) is 24.3 Å². The maximum atomic E-state index is 8.95. The van der Waals surface area contributed by atoms with E-state index in [0.29, 0.717) is 6.61 Å². The molecule has 0 saturated carbocycles. The van der Waals surface area contributed by atoms with Crippen LogP contribution >= 0.6 is 0 Å². The lowest BCUT2D eigenvalue weighted by molar-refractivity contribution is -0.131. The molecule has 3 rings (SSSR count). The zero-order valence-electron chi connectivity index (χ0n) is 11.1. The smallest absolute Gasteiger partial charge is 0.179 e. The van der Waals surface area contributed by atoms with Gasteiger partial charge in [0.15, 0.2) is 6.19 Å². The summed E-state index contributed by atoms with van der Waals surface area (Å²) in [6.45, 7) is 4.16. The van der Waals surface area contributed by atoms with Crippen LogP contribution in [0.5, 0.6) is 5.75 Å². The molecule has 2 aliphatic rings. The molecule has 0 N–H and O–H groups in total. The molecule has 4 nitrogen and oxygen atoms in total. The van der Waals surface area contributed by atoms with Crippen molar-refractivity contribution in [3.8, 4) is 11.9 Å². The van der Waals surface area contributed by atoms with Crippen LogP contribution in [0.1, 0.15) is 25.3 Å². The standard InChI is InChI=1S/C15H18N2O2/c1-12-15(6-8-17(11-16)9-7-15)18-10-13-4-2-3-5-14(13)19-12/h2-5,12H,6-10H2,1H3. The Hall–Kier alpha value is -1.73. The average molecular weight is 258 g/mol. The highest BCUT2D eigenvalue weighted by molar-refractivity contribution is 5.34. The Kier molecular flexibility index (Phi) is 3.08. The molecular weight excluding hydrogens is 240 g/mol. The number of piperidine rings is 1. The van der Waals surface area contributed by atoms with Crippen LogP contribution in [0.3, 0.4) is 0 Å². The molecule has 1 atom stereocenters. The van der Waals surface area contributed by atoms with Crippen LogP contribution in [-0.2, 0) is 11.3 Å². The van der Waals surface area contributed by atoms with Gasteiger partial charge < -0.3 is 14.4 Å². The van der Waals surface area contributed by atoms with Gasteiger partial charge >= 0.3 is 0 Å². The summed E-state index contributed by atoms with van der Waals surface area (Å²) in [5.41, 5.74) is 0.848. The molecular formula is C15H18N2O2. The second-order valence-electron chi connectivity index (χ2n) is 5.31. The van der Waals surface area contributed by atoms with E-state index in [4.69, 9.17) is 14.7 Å². The second-order valence-corrected chi connectivity index (χ2v) is 5.31. The predicted octanol–water partition coefficient (Wildman–Crippen LogP) is 2.30. The number of fused-ring (bicyclic) bond motifs is 1. The molecule has 0 radical (unpaired) electrons. The van der Waals surface area contributed by atoms with Crippen molar-refractivity contribution in [1.29, 1.82) is 5.26 Å². The predicted molar refractivity (Wildman–Crippen MR) is 70.5 cm³/mol.